The maximum Gasteiger partial charge on any atom is 0.271 e. The zero-order valence-corrected chi connectivity index (χ0v) is 15.8. The lowest BCUT2D eigenvalue weighted by molar-refractivity contribution is 0.0411. The van der Waals surface area contributed by atoms with Crippen molar-refractivity contribution < 1.29 is 9.53 Å². The monoisotopic (exact) mass is 369 g/mol. The van der Waals surface area contributed by atoms with Gasteiger partial charge >= 0.3 is 0 Å². The molecule has 7 nitrogen and oxygen atoms in total. The summed E-state index contributed by atoms with van der Waals surface area (Å²) >= 11 is 0. The number of rotatable bonds is 5. The molecule has 0 bridgehead atoms. The summed E-state index contributed by atoms with van der Waals surface area (Å²) in [5.41, 5.74) is 1.33. The van der Waals surface area contributed by atoms with E-state index >= 15 is 0 Å². The van der Waals surface area contributed by atoms with Crippen LogP contribution >= 0.6 is 0 Å². The molecule has 2 aromatic rings. The van der Waals surface area contributed by atoms with Crippen molar-refractivity contribution in [1.82, 2.24) is 24.8 Å². The van der Waals surface area contributed by atoms with Crippen LogP contribution in [0.2, 0.25) is 0 Å². The van der Waals surface area contributed by atoms with Crippen LogP contribution in [0.5, 0.6) is 0 Å². The molecule has 4 rings (SSSR count). The molecule has 0 spiro atoms. The number of carbonyl (C=O) groups excluding carboxylic acids is 1. The Morgan fingerprint density at radius 1 is 1.30 bits per heavy atom. The molecule has 2 aromatic heterocycles. The van der Waals surface area contributed by atoms with Crippen molar-refractivity contribution >= 4 is 5.91 Å². The molecule has 0 radical (unpaired) electrons. The van der Waals surface area contributed by atoms with Gasteiger partial charge in [-0.05, 0) is 37.8 Å². The molecule has 0 aliphatic carbocycles. The van der Waals surface area contributed by atoms with Crippen LogP contribution in [-0.2, 0) is 17.8 Å². The van der Waals surface area contributed by atoms with Crippen molar-refractivity contribution in [3.63, 3.8) is 0 Å². The summed E-state index contributed by atoms with van der Waals surface area (Å²) in [5, 5.41) is 2.91. The SMILES string of the molecule is CC1c2nc(C(=O)NCc3ccccn3)cn2CCN1CC1CCOCC1. The van der Waals surface area contributed by atoms with E-state index in [2.05, 4.69) is 31.7 Å². The first kappa shape index (κ1) is 18.1. The summed E-state index contributed by atoms with van der Waals surface area (Å²) < 4.78 is 7.60. The van der Waals surface area contributed by atoms with Crippen LogP contribution in [0.4, 0.5) is 0 Å². The van der Waals surface area contributed by atoms with Gasteiger partial charge in [0, 0.05) is 45.2 Å². The van der Waals surface area contributed by atoms with Crippen molar-refractivity contribution in [1.29, 1.82) is 0 Å². The van der Waals surface area contributed by atoms with Gasteiger partial charge in [-0.25, -0.2) is 4.98 Å². The van der Waals surface area contributed by atoms with E-state index in [4.69, 9.17) is 4.74 Å². The Hall–Kier alpha value is -2.25. The van der Waals surface area contributed by atoms with E-state index in [9.17, 15) is 4.79 Å². The highest BCUT2D eigenvalue weighted by Crippen LogP contribution is 2.27. The normalized spacial score (nSPS) is 21.0. The van der Waals surface area contributed by atoms with Crippen LogP contribution in [-0.4, -0.2) is 51.6 Å². The minimum Gasteiger partial charge on any atom is -0.381 e. The number of nitrogens with zero attached hydrogens (tertiary/aromatic N) is 4. The minimum absolute atomic E-state index is 0.147. The van der Waals surface area contributed by atoms with E-state index in [1.165, 1.54) is 0 Å². The first-order valence-corrected chi connectivity index (χ1v) is 9.77. The Morgan fingerprint density at radius 2 is 2.15 bits per heavy atom. The fourth-order valence-corrected chi connectivity index (χ4v) is 3.92. The van der Waals surface area contributed by atoms with E-state index in [-0.39, 0.29) is 11.9 Å². The van der Waals surface area contributed by atoms with Gasteiger partial charge in [-0.1, -0.05) is 6.07 Å². The van der Waals surface area contributed by atoms with E-state index in [0.29, 0.717) is 18.2 Å². The van der Waals surface area contributed by atoms with Crippen LogP contribution in [0, 0.1) is 5.92 Å². The van der Waals surface area contributed by atoms with Crippen molar-refractivity contribution in [2.24, 2.45) is 5.92 Å². The summed E-state index contributed by atoms with van der Waals surface area (Å²) in [7, 11) is 0. The zero-order chi connectivity index (χ0) is 18.6. The number of amides is 1. The second-order valence-corrected chi connectivity index (χ2v) is 7.41. The molecule has 2 aliphatic heterocycles. The number of pyridine rings is 1. The lowest BCUT2D eigenvalue weighted by atomic mass is 9.98. The third-order valence-corrected chi connectivity index (χ3v) is 5.58. The van der Waals surface area contributed by atoms with Gasteiger partial charge in [-0.3, -0.25) is 14.7 Å². The molecule has 144 valence electrons. The maximum absolute atomic E-state index is 12.5. The Kier molecular flexibility index (Phi) is 5.50. The number of nitrogens with one attached hydrogen (secondary N) is 1. The lowest BCUT2D eigenvalue weighted by Gasteiger charge is -2.37. The largest absolute Gasteiger partial charge is 0.381 e. The number of hydrogen-bond donors (Lipinski definition) is 1. The molecule has 4 heterocycles. The minimum atomic E-state index is -0.147. The third kappa shape index (κ3) is 4.20. The van der Waals surface area contributed by atoms with Gasteiger partial charge in [0.1, 0.15) is 11.5 Å². The molecule has 1 saturated heterocycles. The average Bonchev–Trinajstić information content (AvgIpc) is 3.15. The Morgan fingerprint density at radius 3 is 2.93 bits per heavy atom. The summed E-state index contributed by atoms with van der Waals surface area (Å²) in [6.45, 7) is 7.31. The van der Waals surface area contributed by atoms with Crippen molar-refractivity contribution in [2.75, 3.05) is 26.3 Å². The smallest absolute Gasteiger partial charge is 0.271 e. The first-order chi connectivity index (χ1) is 13.2. The van der Waals surface area contributed by atoms with E-state index < -0.39 is 0 Å². The number of carbonyl (C=O) groups is 1. The van der Waals surface area contributed by atoms with Gasteiger partial charge in [0.05, 0.1) is 18.3 Å². The van der Waals surface area contributed by atoms with Crippen LogP contribution < -0.4 is 5.32 Å². The molecule has 1 fully saturated rings. The maximum atomic E-state index is 12.5. The number of aromatic nitrogens is 3. The molecular formula is C20H27N5O2. The van der Waals surface area contributed by atoms with Crippen LogP contribution in [0.25, 0.3) is 0 Å². The van der Waals surface area contributed by atoms with E-state index in [1.54, 1.807) is 6.20 Å². The lowest BCUT2D eigenvalue weighted by Crippen LogP contribution is -2.40. The number of fused-ring (bicyclic) bond motifs is 1. The molecular weight excluding hydrogens is 342 g/mol. The predicted octanol–water partition coefficient (Wildman–Crippen LogP) is 2.01. The zero-order valence-electron chi connectivity index (χ0n) is 15.8. The third-order valence-electron chi connectivity index (χ3n) is 5.58. The number of imidazole rings is 1. The quantitative estimate of drug-likeness (QED) is 0.873. The van der Waals surface area contributed by atoms with Crippen molar-refractivity contribution in [3.8, 4) is 0 Å². The molecule has 1 atom stereocenters. The second-order valence-electron chi connectivity index (χ2n) is 7.41. The topological polar surface area (TPSA) is 72.3 Å². The molecule has 0 saturated carbocycles. The molecule has 1 amide bonds. The fourth-order valence-electron chi connectivity index (χ4n) is 3.92. The van der Waals surface area contributed by atoms with Gasteiger partial charge in [-0.2, -0.15) is 0 Å². The van der Waals surface area contributed by atoms with Crippen LogP contribution in [0.1, 0.15) is 47.8 Å². The van der Waals surface area contributed by atoms with Gasteiger partial charge in [0.25, 0.3) is 5.91 Å². The van der Waals surface area contributed by atoms with Gasteiger partial charge in [0.15, 0.2) is 0 Å². The summed E-state index contributed by atoms with van der Waals surface area (Å²) in [6.07, 6.45) is 5.88. The molecule has 2 aliphatic rings. The number of hydrogen-bond acceptors (Lipinski definition) is 5. The van der Waals surface area contributed by atoms with Crippen LogP contribution in [0.15, 0.2) is 30.6 Å². The summed E-state index contributed by atoms with van der Waals surface area (Å²) in [5.74, 6) is 1.53. The standard InChI is InChI=1S/C20H27N5O2/c1-15-19-23-18(20(26)22-12-17-4-2-3-7-21-17)14-25(19)9-8-24(15)13-16-5-10-27-11-6-16/h2-4,7,14-16H,5-6,8-13H2,1H3,(H,22,26). The Bertz CT molecular complexity index is 770. The highest BCUT2D eigenvalue weighted by Gasteiger charge is 2.29. The van der Waals surface area contributed by atoms with Crippen molar-refractivity contribution in [2.45, 2.75) is 38.9 Å². The summed E-state index contributed by atoms with van der Waals surface area (Å²) in [6, 6.07) is 5.90. The molecule has 7 heteroatoms. The summed E-state index contributed by atoms with van der Waals surface area (Å²) in [4.78, 5) is 23.9. The van der Waals surface area contributed by atoms with Gasteiger partial charge < -0.3 is 14.6 Å². The van der Waals surface area contributed by atoms with E-state index in [0.717, 1.165) is 57.2 Å². The van der Waals surface area contributed by atoms with Crippen molar-refractivity contribution in [3.05, 3.63) is 47.8 Å². The highest BCUT2D eigenvalue weighted by atomic mass is 16.5. The Balaban J connectivity index is 1.39. The molecule has 1 N–H and O–H groups in total. The van der Waals surface area contributed by atoms with Crippen LogP contribution in [0.3, 0.4) is 0 Å². The predicted molar refractivity (Wildman–Crippen MR) is 101 cm³/mol. The van der Waals surface area contributed by atoms with E-state index in [1.807, 2.05) is 24.4 Å². The molecule has 0 aromatic carbocycles. The Labute approximate surface area is 159 Å². The number of ether oxygens (including phenoxy) is 1. The molecule has 1 unspecified atom stereocenters. The molecule has 27 heavy (non-hydrogen) atoms. The average molecular weight is 369 g/mol. The first-order valence-electron chi connectivity index (χ1n) is 9.77. The fraction of sp³-hybridized carbons (Fsp3) is 0.550. The van der Waals surface area contributed by atoms with Gasteiger partial charge in [-0.15, -0.1) is 0 Å². The second kappa shape index (κ2) is 8.19. The highest BCUT2D eigenvalue weighted by molar-refractivity contribution is 5.92. The van der Waals surface area contributed by atoms with Gasteiger partial charge in [0.2, 0.25) is 0 Å².